The van der Waals surface area contributed by atoms with Crippen molar-refractivity contribution in [2.24, 2.45) is 34.7 Å². The highest BCUT2D eigenvalue weighted by molar-refractivity contribution is 5.89. The lowest BCUT2D eigenvalue weighted by Gasteiger charge is -2.50. The molecule has 2 heterocycles. The molecule has 0 aromatic heterocycles. The quantitative estimate of drug-likeness (QED) is 0.155. The van der Waals surface area contributed by atoms with Gasteiger partial charge in [-0.3, -0.25) is 4.79 Å². The fraction of sp³-hybridized carbons (Fsp3) is 0.953. The fourth-order valence-corrected chi connectivity index (χ4v) is 9.60. The van der Waals surface area contributed by atoms with E-state index in [1.165, 1.54) is 21.3 Å². The van der Waals surface area contributed by atoms with Gasteiger partial charge in [-0.05, 0) is 67.5 Å². The summed E-state index contributed by atoms with van der Waals surface area (Å²) in [6.07, 6.45) is -7.39. The van der Waals surface area contributed by atoms with E-state index < -0.39 is 102 Å². The maximum Gasteiger partial charge on any atom is 0.193 e. The largest absolute Gasteiger partial charge is 0.390 e. The van der Waals surface area contributed by atoms with Gasteiger partial charge in [0.05, 0.1) is 53.0 Å². The maximum absolute atomic E-state index is 14.7. The Morgan fingerprint density at radius 1 is 0.864 bits per heavy atom. The number of aliphatic hydroxyl groups excluding tert-OH is 3. The number of oxime groups is 1. The molecule has 4 N–H and O–H groups in total. The second kappa shape index (κ2) is 21.8. The van der Waals surface area contributed by atoms with Crippen LogP contribution in [0.1, 0.15) is 101 Å². The normalized spacial score (nSPS) is 45.5. The number of rotatable bonds is 13. The number of ether oxygens (including phenoxy) is 8. The number of nitrogens with zero attached hydrogens (tertiary/aromatic N) is 2. The van der Waals surface area contributed by atoms with Crippen LogP contribution >= 0.6 is 0 Å². The molecule has 0 spiro atoms. The van der Waals surface area contributed by atoms with Crippen molar-refractivity contribution >= 4 is 11.5 Å². The van der Waals surface area contributed by atoms with Gasteiger partial charge in [0.15, 0.2) is 25.5 Å². The summed E-state index contributed by atoms with van der Waals surface area (Å²) < 4.78 is 49.4. The van der Waals surface area contributed by atoms with Crippen LogP contribution in [0, 0.1) is 29.6 Å². The molecule has 3 aliphatic rings. The molecule has 1 saturated carbocycles. The predicted octanol–water partition coefficient (Wildman–Crippen LogP) is 3.53. The van der Waals surface area contributed by atoms with E-state index in [4.69, 9.17) is 42.7 Å². The van der Waals surface area contributed by atoms with Gasteiger partial charge < -0.3 is 68.1 Å². The molecule has 2 saturated heterocycles. The van der Waals surface area contributed by atoms with E-state index >= 15 is 0 Å². The number of ketones is 1. The smallest absolute Gasteiger partial charge is 0.193 e. The minimum absolute atomic E-state index is 0.0428. The van der Waals surface area contributed by atoms with Crippen LogP contribution in [0.25, 0.3) is 0 Å². The van der Waals surface area contributed by atoms with Gasteiger partial charge in [-0.2, -0.15) is 0 Å². The summed E-state index contributed by atoms with van der Waals surface area (Å²) in [5.74, 6) is -3.48. The molecule has 18 atom stereocenters. The third kappa shape index (κ3) is 12.0. The Morgan fingerprint density at radius 2 is 1.47 bits per heavy atom. The van der Waals surface area contributed by atoms with E-state index in [1.807, 2.05) is 53.6 Å². The molecule has 16 heteroatoms. The summed E-state index contributed by atoms with van der Waals surface area (Å²) in [5.41, 5.74) is -3.48. The van der Waals surface area contributed by atoms with Gasteiger partial charge in [-0.1, -0.05) is 46.2 Å². The zero-order valence-corrected chi connectivity index (χ0v) is 38.7. The van der Waals surface area contributed by atoms with Crippen molar-refractivity contribution < 1.29 is 68.0 Å². The van der Waals surface area contributed by atoms with Crippen LogP contribution in [0.2, 0.25) is 0 Å². The Morgan fingerprint density at radius 3 is 2.02 bits per heavy atom. The van der Waals surface area contributed by atoms with E-state index in [0.717, 1.165) is 0 Å². The molecule has 0 amide bonds. The van der Waals surface area contributed by atoms with Crippen molar-refractivity contribution in [2.45, 2.75) is 186 Å². The number of carbonyl (C=O) groups excluding carboxylic acids is 1. The van der Waals surface area contributed by atoms with Gasteiger partial charge in [0, 0.05) is 71.0 Å². The van der Waals surface area contributed by atoms with Crippen LogP contribution < -0.4 is 0 Å². The van der Waals surface area contributed by atoms with Gasteiger partial charge in [0.2, 0.25) is 0 Å². The SMILES string of the molecule is CC[C@H]1CC(=O)[C@H](C)[C@@H](O[C@H]2C[C@@](C)(OC)[C@@H](O)[C@H](C)O2)[C@H](C)[C@@H](O[C@@H]2O[C@H](C)C[C@H](N(C)C)[C@H]2O)[C@](C)(OC)C[C@@H](C)/C(=N\OCC(OC)OC)[C@H](C)[C@@H](O)[C@]1(C)O. The second-order valence-corrected chi connectivity index (χ2v) is 18.4. The first kappa shape index (κ1) is 52.0. The number of hydrogen-bond donors (Lipinski definition) is 4. The highest BCUT2D eigenvalue weighted by atomic mass is 16.7. The monoisotopic (exact) mass is 849 g/mol. The summed E-state index contributed by atoms with van der Waals surface area (Å²) in [7, 11) is 9.90. The third-order valence-corrected chi connectivity index (χ3v) is 13.8. The molecular weight excluding hydrogens is 768 g/mol. The Labute approximate surface area is 353 Å². The first-order chi connectivity index (χ1) is 27.5. The number of Topliss-reactive ketones (excluding diaryl/α,β-unsaturated/α-hetero) is 1. The fourth-order valence-electron chi connectivity index (χ4n) is 9.60. The average Bonchev–Trinajstić information content (AvgIpc) is 3.19. The van der Waals surface area contributed by atoms with Crippen LogP contribution in [-0.4, -0.2) is 170 Å². The molecule has 3 fully saturated rings. The lowest BCUT2D eigenvalue weighted by Crippen LogP contribution is -2.61. The summed E-state index contributed by atoms with van der Waals surface area (Å²) in [6.45, 7) is 18.2. The van der Waals surface area contributed by atoms with Crippen molar-refractivity contribution in [1.29, 1.82) is 0 Å². The van der Waals surface area contributed by atoms with Crippen molar-refractivity contribution in [3.63, 3.8) is 0 Å². The highest BCUT2D eigenvalue weighted by Crippen LogP contribution is 2.43. The van der Waals surface area contributed by atoms with Gasteiger partial charge in [0.25, 0.3) is 0 Å². The van der Waals surface area contributed by atoms with E-state index in [1.54, 1.807) is 41.7 Å². The van der Waals surface area contributed by atoms with Crippen LogP contribution in [0.3, 0.4) is 0 Å². The van der Waals surface area contributed by atoms with Crippen LogP contribution in [0.5, 0.6) is 0 Å². The summed E-state index contributed by atoms with van der Waals surface area (Å²) in [6, 6.07) is -0.270. The van der Waals surface area contributed by atoms with E-state index in [9.17, 15) is 25.2 Å². The van der Waals surface area contributed by atoms with Gasteiger partial charge >= 0.3 is 0 Å². The number of aliphatic hydroxyl groups is 4. The van der Waals surface area contributed by atoms with E-state index in [-0.39, 0.29) is 43.8 Å². The van der Waals surface area contributed by atoms with Gasteiger partial charge in [0.1, 0.15) is 18.0 Å². The van der Waals surface area contributed by atoms with Crippen molar-refractivity contribution in [3.8, 4) is 0 Å². The summed E-state index contributed by atoms with van der Waals surface area (Å²) >= 11 is 0. The molecule has 0 aromatic carbocycles. The van der Waals surface area contributed by atoms with Crippen molar-refractivity contribution in [3.05, 3.63) is 0 Å². The minimum Gasteiger partial charge on any atom is -0.390 e. The standard InChI is InChI=1S/C43H80N2O14/c1-17-29-19-31(46)25(4)36(58-32-21-41(8,53-15)38(49)28(7)57-32)27(6)39(59-40-35(47)30(45(11)12)18-24(3)56-40)42(9,54-16)20-23(2)34(26(5)37(48)43(29,10)50)44-55-22-33(51-13)52-14/h23-30,32-33,35-40,47-50H,17-22H2,1-16H3/b44-34+/t23-,24-,25+,26+,27+,28+,29+,30+,32+,35-,36-,37-,38+,39-,40+,41-,42-,43-/m1/s1. The number of methoxy groups -OCH3 is 4. The number of carbonyl (C=O) groups is 1. The lowest BCUT2D eigenvalue weighted by molar-refractivity contribution is -0.318. The van der Waals surface area contributed by atoms with Crippen molar-refractivity contribution in [2.75, 3.05) is 49.1 Å². The lowest BCUT2D eigenvalue weighted by atomic mass is 9.69. The van der Waals surface area contributed by atoms with Crippen molar-refractivity contribution in [1.82, 2.24) is 4.90 Å². The molecule has 1 aliphatic carbocycles. The average molecular weight is 849 g/mol. The second-order valence-electron chi connectivity index (χ2n) is 18.4. The first-order valence-electron chi connectivity index (χ1n) is 21.4. The van der Waals surface area contributed by atoms with E-state index in [2.05, 4.69) is 5.16 Å². The summed E-state index contributed by atoms with van der Waals surface area (Å²) in [4.78, 5) is 22.4. The van der Waals surface area contributed by atoms with E-state index in [0.29, 0.717) is 18.6 Å². The molecule has 0 aromatic rings. The predicted molar refractivity (Wildman–Crippen MR) is 220 cm³/mol. The molecule has 0 unspecified atom stereocenters. The molecule has 16 nitrogen and oxygen atoms in total. The summed E-state index contributed by atoms with van der Waals surface area (Å²) in [5, 5.41) is 51.6. The Hall–Kier alpha value is -1.38. The molecule has 59 heavy (non-hydrogen) atoms. The van der Waals surface area contributed by atoms with Crippen LogP contribution in [0.4, 0.5) is 0 Å². The zero-order chi connectivity index (χ0) is 44.8. The zero-order valence-electron chi connectivity index (χ0n) is 38.7. The molecule has 0 radical (unpaired) electrons. The first-order valence-corrected chi connectivity index (χ1v) is 21.4. The minimum atomic E-state index is -1.72. The highest BCUT2D eigenvalue weighted by Gasteiger charge is 2.53. The molecule has 2 aliphatic heterocycles. The maximum atomic E-state index is 14.7. The Kier molecular flexibility index (Phi) is 19.2. The van der Waals surface area contributed by atoms with Crippen LogP contribution in [-0.2, 0) is 47.5 Å². The molecule has 346 valence electrons. The van der Waals surface area contributed by atoms with Crippen LogP contribution in [0.15, 0.2) is 5.16 Å². The molecular formula is C43H80N2O14. The third-order valence-electron chi connectivity index (χ3n) is 13.8. The topological polar surface area (TPSA) is 197 Å². The Balaban J connectivity index is 2.29. The number of likely N-dealkylation sites (N-methyl/N-ethyl adjacent to an activating group) is 1. The molecule has 3 rings (SSSR count). The number of hydrogen-bond acceptors (Lipinski definition) is 16. The Bertz CT molecular complexity index is 1330. The molecule has 0 bridgehead atoms. The van der Waals surface area contributed by atoms with Gasteiger partial charge in [-0.25, -0.2) is 0 Å². The van der Waals surface area contributed by atoms with Gasteiger partial charge in [-0.15, -0.1) is 0 Å².